The topological polar surface area (TPSA) is 55.6 Å². The van der Waals surface area contributed by atoms with E-state index in [0.29, 0.717) is 17.1 Å². The molecule has 1 N–H and O–H groups in total. The Balaban J connectivity index is 1.65. The fourth-order valence-corrected chi connectivity index (χ4v) is 3.09. The predicted molar refractivity (Wildman–Crippen MR) is 106 cm³/mol. The van der Waals surface area contributed by atoms with Gasteiger partial charge in [-0.2, -0.15) is 0 Å². The number of nitrogens with one attached hydrogen (secondary N) is 1. The number of imidazole rings is 1. The van der Waals surface area contributed by atoms with Crippen LogP contribution in [0.2, 0.25) is 0 Å². The molecule has 5 nitrogen and oxygen atoms in total. The molecule has 0 aliphatic rings. The monoisotopic (exact) mass is 375 g/mol. The maximum Gasteiger partial charge on any atom is 0.229 e. The zero-order valence-corrected chi connectivity index (χ0v) is 15.2. The number of rotatable bonds is 5. The van der Waals surface area contributed by atoms with Crippen LogP contribution >= 0.6 is 0 Å². The number of hydrogen-bond acceptors (Lipinski definition) is 3. The summed E-state index contributed by atoms with van der Waals surface area (Å²) in [6.07, 6.45) is 1.88. The molecule has 0 aliphatic heterocycles. The first kappa shape index (κ1) is 17.7. The van der Waals surface area contributed by atoms with Gasteiger partial charge in [0.1, 0.15) is 17.2 Å². The minimum Gasteiger partial charge on any atom is -0.494 e. The summed E-state index contributed by atoms with van der Waals surface area (Å²) in [5.41, 5.74) is 2.87. The molecular formula is C22H18FN3O2. The van der Waals surface area contributed by atoms with E-state index in [0.717, 1.165) is 11.2 Å². The fourth-order valence-electron chi connectivity index (χ4n) is 3.09. The molecule has 0 spiro atoms. The van der Waals surface area contributed by atoms with E-state index in [-0.39, 0.29) is 18.1 Å². The molecule has 0 atom stereocenters. The maximum absolute atomic E-state index is 13.9. The van der Waals surface area contributed by atoms with E-state index in [4.69, 9.17) is 4.74 Å². The van der Waals surface area contributed by atoms with E-state index in [1.54, 1.807) is 6.07 Å². The van der Waals surface area contributed by atoms with Gasteiger partial charge in [0.05, 0.1) is 13.5 Å². The Labute approximate surface area is 161 Å². The van der Waals surface area contributed by atoms with Crippen molar-refractivity contribution in [1.82, 2.24) is 9.38 Å². The Bertz CT molecular complexity index is 1140. The number of methoxy groups -OCH3 is 1. The van der Waals surface area contributed by atoms with E-state index < -0.39 is 5.82 Å². The first-order chi connectivity index (χ1) is 13.7. The second-order valence-corrected chi connectivity index (χ2v) is 6.30. The minimum atomic E-state index is -0.493. The van der Waals surface area contributed by atoms with E-state index in [1.807, 2.05) is 59.1 Å². The van der Waals surface area contributed by atoms with Gasteiger partial charge in [0.15, 0.2) is 11.6 Å². The number of nitrogens with zero attached hydrogens (tertiary/aromatic N) is 2. The highest BCUT2D eigenvalue weighted by Gasteiger charge is 2.16. The first-order valence-corrected chi connectivity index (χ1v) is 8.80. The van der Waals surface area contributed by atoms with Crippen LogP contribution in [-0.2, 0) is 11.2 Å². The maximum atomic E-state index is 13.9. The van der Waals surface area contributed by atoms with Gasteiger partial charge in [0, 0.05) is 11.8 Å². The number of carbonyl (C=O) groups excluding carboxylic acids is 1. The average molecular weight is 375 g/mol. The molecule has 0 bridgehead atoms. The number of benzene rings is 2. The molecule has 28 heavy (non-hydrogen) atoms. The number of fused-ring (bicyclic) bond motifs is 1. The largest absolute Gasteiger partial charge is 0.494 e. The van der Waals surface area contributed by atoms with Crippen LogP contribution < -0.4 is 10.1 Å². The Morgan fingerprint density at radius 2 is 1.89 bits per heavy atom. The van der Waals surface area contributed by atoms with Gasteiger partial charge in [0.2, 0.25) is 5.91 Å². The van der Waals surface area contributed by atoms with Crippen LogP contribution in [0, 0.1) is 5.82 Å². The van der Waals surface area contributed by atoms with Gasteiger partial charge >= 0.3 is 0 Å². The van der Waals surface area contributed by atoms with Gasteiger partial charge in [-0.25, -0.2) is 9.37 Å². The quantitative estimate of drug-likeness (QED) is 0.565. The van der Waals surface area contributed by atoms with E-state index in [9.17, 15) is 9.18 Å². The van der Waals surface area contributed by atoms with Crippen molar-refractivity contribution in [2.24, 2.45) is 0 Å². The Morgan fingerprint density at radius 1 is 1.11 bits per heavy atom. The third-order valence-corrected chi connectivity index (χ3v) is 4.42. The van der Waals surface area contributed by atoms with Gasteiger partial charge in [-0.1, -0.05) is 42.5 Å². The predicted octanol–water partition coefficient (Wildman–Crippen LogP) is 4.33. The summed E-state index contributed by atoms with van der Waals surface area (Å²) in [7, 11) is 1.40. The summed E-state index contributed by atoms with van der Waals surface area (Å²) in [6.45, 7) is 0. The standard InChI is InChI=1S/C22H18FN3O2/c1-28-18-11-10-15(13-17(18)23)14-20(27)25-22-21(16-7-3-2-4-8-16)24-19-9-5-6-12-26(19)22/h2-13H,14H2,1H3,(H,25,27). The highest BCUT2D eigenvalue weighted by Crippen LogP contribution is 2.28. The zero-order chi connectivity index (χ0) is 19.5. The molecule has 0 aliphatic carbocycles. The Hall–Kier alpha value is -3.67. The summed E-state index contributed by atoms with van der Waals surface area (Å²) in [5, 5.41) is 2.94. The van der Waals surface area contributed by atoms with Crippen LogP contribution in [0.15, 0.2) is 72.9 Å². The third kappa shape index (κ3) is 3.44. The molecule has 0 saturated carbocycles. The van der Waals surface area contributed by atoms with Crippen LogP contribution in [-0.4, -0.2) is 22.4 Å². The molecule has 4 aromatic rings. The third-order valence-electron chi connectivity index (χ3n) is 4.42. The molecule has 2 aromatic heterocycles. The van der Waals surface area contributed by atoms with Crippen molar-refractivity contribution >= 4 is 17.4 Å². The van der Waals surface area contributed by atoms with Crippen LogP contribution in [0.25, 0.3) is 16.9 Å². The summed E-state index contributed by atoms with van der Waals surface area (Å²) in [6, 6.07) is 19.8. The molecule has 0 fully saturated rings. The second-order valence-electron chi connectivity index (χ2n) is 6.30. The van der Waals surface area contributed by atoms with Gasteiger partial charge in [-0.15, -0.1) is 0 Å². The second kappa shape index (κ2) is 7.52. The van der Waals surface area contributed by atoms with Crippen molar-refractivity contribution in [3.63, 3.8) is 0 Å². The van der Waals surface area contributed by atoms with Crippen LogP contribution in [0.4, 0.5) is 10.2 Å². The molecular weight excluding hydrogens is 357 g/mol. The SMILES string of the molecule is COc1ccc(CC(=O)Nc2c(-c3ccccc3)nc3ccccn23)cc1F. The molecule has 1 amide bonds. The molecule has 0 radical (unpaired) electrons. The van der Waals surface area contributed by atoms with Gasteiger partial charge in [0.25, 0.3) is 0 Å². The average Bonchev–Trinajstić information content (AvgIpc) is 3.07. The lowest BCUT2D eigenvalue weighted by Gasteiger charge is -2.09. The molecule has 2 aromatic carbocycles. The number of amides is 1. The van der Waals surface area contributed by atoms with E-state index in [1.165, 1.54) is 19.2 Å². The number of hydrogen-bond donors (Lipinski definition) is 1. The summed E-state index contributed by atoms with van der Waals surface area (Å²) < 4.78 is 20.6. The number of aromatic nitrogens is 2. The molecule has 6 heteroatoms. The number of pyridine rings is 1. The van der Waals surface area contributed by atoms with E-state index in [2.05, 4.69) is 10.3 Å². The minimum absolute atomic E-state index is 0.0369. The summed E-state index contributed by atoms with van der Waals surface area (Å²) in [5.74, 6) is -0.0157. The Kier molecular flexibility index (Phi) is 4.76. The van der Waals surface area contributed by atoms with Crippen molar-refractivity contribution in [2.75, 3.05) is 12.4 Å². The van der Waals surface area contributed by atoms with Crippen molar-refractivity contribution < 1.29 is 13.9 Å². The lowest BCUT2D eigenvalue weighted by Crippen LogP contribution is -2.16. The molecule has 4 rings (SSSR count). The van der Waals surface area contributed by atoms with Crippen molar-refractivity contribution in [1.29, 1.82) is 0 Å². The lowest BCUT2D eigenvalue weighted by atomic mass is 10.1. The van der Waals surface area contributed by atoms with Crippen molar-refractivity contribution in [3.8, 4) is 17.0 Å². The highest BCUT2D eigenvalue weighted by atomic mass is 19.1. The van der Waals surface area contributed by atoms with Crippen LogP contribution in [0.1, 0.15) is 5.56 Å². The smallest absolute Gasteiger partial charge is 0.229 e. The molecule has 0 saturated heterocycles. The van der Waals surface area contributed by atoms with Crippen LogP contribution in [0.3, 0.4) is 0 Å². The van der Waals surface area contributed by atoms with Crippen molar-refractivity contribution in [2.45, 2.75) is 6.42 Å². The number of anilines is 1. The summed E-state index contributed by atoms with van der Waals surface area (Å²) >= 11 is 0. The van der Waals surface area contributed by atoms with Crippen molar-refractivity contribution in [3.05, 3.63) is 84.3 Å². The number of ether oxygens (including phenoxy) is 1. The Morgan fingerprint density at radius 3 is 2.64 bits per heavy atom. The first-order valence-electron chi connectivity index (χ1n) is 8.80. The zero-order valence-electron chi connectivity index (χ0n) is 15.2. The molecule has 2 heterocycles. The number of carbonyl (C=O) groups is 1. The normalized spacial score (nSPS) is 10.8. The lowest BCUT2D eigenvalue weighted by molar-refractivity contribution is -0.115. The number of halogens is 1. The molecule has 140 valence electrons. The molecule has 0 unspecified atom stereocenters. The van der Waals surface area contributed by atoms with Gasteiger partial charge in [-0.3, -0.25) is 9.20 Å². The van der Waals surface area contributed by atoms with Gasteiger partial charge < -0.3 is 10.1 Å². The fraction of sp³-hybridized carbons (Fsp3) is 0.0909. The van der Waals surface area contributed by atoms with E-state index >= 15 is 0 Å². The highest BCUT2D eigenvalue weighted by molar-refractivity contribution is 5.95. The van der Waals surface area contributed by atoms with Crippen LogP contribution in [0.5, 0.6) is 5.75 Å². The van der Waals surface area contributed by atoms with Gasteiger partial charge in [-0.05, 0) is 29.8 Å². The summed E-state index contributed by atoms with van der Waals surface area (Å²) in [4.78, 5) is 17.3.